The number of anilines is 1. The molecule has 0 aliphatic rings. The van der Waals surface area contributed by atoms with Crippen LogP contribution in [0.4, 0.5) is 14.5 Å². The van der Waals surface area contributed by atoms with Crippen molar-refractivity contribution in [2.24, 2.45) is 0 Å². The summed E-state index contributed by atoms with van der Waals surface area (Å²) in [5.41, 5.74) is 4.20. The van der Waals surface area contributed by atoms with E-state index in [1.54, 1.807) is 14.1 Å². The zero-order valence-corrected chi connectivity index (χ0v) is 10.6. The van der Waals surface area contributed by atoms with Gasteiger partial charge in [0, 0.05) is 20.2 Å². The fourth-order valence-electron chi connectivity index (χ4n) is 1.25. The fraction of sp³-hybridized carbons (Fsp3) is 0.333. The van der Waals surface area contributed by atoms with Crippen molar-refractivity contribution in [2.45, 2.75) is 6.42 Å². The van der Waals surface area contributed by atoms with Crippen LogP contribution in [-0.4, -0.2) is 37.5 Å². The van der Waals surface area contributed by atoms with Crippen LogP contribution >= 0.6 is 0 Å². The number of rotatable bonds is 4. The van der Waals surface area contributed by atoms with Crippen LogP contribution in [0.2, 0.25) is 0 Å². The van der Waals surface area contributed by atoms with Crippen LogP contribution in [0, 0.1) is 11.6 Å². The molecule has 0 aliphatic heterocycles. The number of benzene rings is 1. The third kappa shape index (κ3) is 3.90. The van der Waals surface area contributed by atoms with Gasteiger partial charge in [-0.2, -0.15) is 0 Å². The van der Waals surface area contributed by atoms with E-state index in [0.29, 0.717) is 12.1 Å². The van der Waals surface area contributed by atoms with Crippen molar-refractivity contribution in [3.63, 3.8) is 0 Å². The quantitative estimate of drug-likeness (QED) is 0.660. The second kappa shape index (κ2) is 6.12. The summed E-state index contributed by atoms with van der Waals surface area (Å²) in [4.78, 5) is 24.0. The molecule has 104 valence electrons. The maximum Gasteiger partial charge on any atom is 0.341 e. The fourth-order valence-corrected chi connectivity index (χ4v) is 1.25. The molecule has 19 heavy (non-hydrogen) atoms. The Bertz CT molecular complexity index is 504. The first-order valence-corrected chi connectivity index (χ1v) is 5.44. The molecule has 1 aromatic carbocycles. The minimum atomic E-state index is -1.04. The summed E-state index contributed by atoms with van der Waals surface area (Å²) in [6.07, 6.45) is -0.0299. The molecule has 0 saturated heterocycles. The number of esters is 1. The predicted octanol–water partition coefficient (Wildman–Crippen LogP) is 1.18. The largest absolute Gasteiger partial charge is 0.461 e. The monoisotopic (exact) mass is 272 g/mol. The normalized spacial score (nSPS) is 10.1. The van der Waals surface area contributed by atoms with Gasteiger partial charge in [-0.15, -0.1) is 0 Å². The number of halogens is 2. The lowest BCUT2D eigenvalue weighted by molar-refractivity contribution is -0.129. The van der Waals surface area contributed by atoms with Gasteiger partial charge in [-0.1, -0.05) is 0 Å². The average molecular weight is 272 g/mol. The molecule has 2 N–H and O–H groups in total. The standard InChI is InChI=1S/C12H14F2N2O3/c1-16(2)11(17)3-4-19-12(18)7-5-9(14)10(15)6-8(7)13/h5-6H,3-4,15H2,1-2H3. The van der Waals surface area contributed by atoms with E-state index in [-0.39, 0.29) is 18.9 Å². The van der Waals surface area contributed by atoms with E-state index in [1.807, 2.05) is 0 Å². The summed E-state index contributed by atoms with van der Waals surface area (Å²) < 4.78 is 31.2. The molecule has 0 bridgehead atoms. The molecule has 1 aromatic rings. The summed E-state index contributed by atoms with van der Waals surface area (Å²) in [6, 6.07) is 1.37. The smallest absolute Gasteiger partial charge is 0.341 e. The van der Waals surface area contributed by atoms with Gasteiger partial charge in [-0.25, -0.2) is 13.6 Å². The Morgan fingerprint density at radius 3 is 2.47 bits per heavy atom. The van der Waals surface area contributed by atoms with Crippen LogP contribution in [0.25, 0.3) is 0 Å². The average Bonchev–Trinajstić information content (AvgIpc) is 2.33. The Labute approximate surface area is 108 Å². The van der Waals surface area contributed by atoms with Crippen molar-refractivity contribution in [3.8, 4) is 0 Å². The Kier molecular flexibility index (Phi) is 4.80. The van der Waals surface area contributed by atoms with E-state index in [2.05, 4.69) is 0 Å². The number of ether oxygens (including phenoxy) is 1. The van der Waals surface area contributed by atoms with Crippen LogP contribution in [-0.2, 0) is 9.53 Å². The summed E-state index contributed by atoms with van der Waals surface area (Å²) in [5.74, 6) is -3.15. The topological polar surface area (TPSA) is 72.6 Å². The van der Waals surface area contributed by atoms with Gasteiger partial charge in [-0.3, -0.25) is 4.79 Å². The van der Waals surface area contributed by atoms with E-state index >= 15 is 0 Å². The molecule has 0 fully saturated rings. The van der Waals surface area contributed by atoms with Gasteiger partial charge in [0.1, 0.15) is 18.2 Å². The molecule has 0 atom stereocenters. The van der Waals surface area contributed by atoms with E-state index in [4.69, 9.17) is 10.5 Å². The van der Waals surface area contributed by atoms with Crippen LogP contribution in [0.3, 0.4) is 0 Å². The Morgan fingerprint density at radius 2 is 1.89 bits per heavy atom. The highest BCUT2D eigenvalue weighted by molar-refractivity contribution is 5.90. The van der Waals surface area contributed by atoms with Gasteiger partial charge >= 0.3 is 5.97 Å². The summed E-state index contributed by atoms with van der Waals surface area (Å²) in [6.45, 7) is -0.207. The van der Waals surface area contributed by atoms with Crippen molar-refractivity contribution in [1.82, 2.24) is 4.90 Å². The Balaban J connectivity index is 2.64. The molecule has 0 saturated carbocycles. The van der Waals surface area contributed by atoms with Crippen LogP contribution in [0.5, 0.6) is 0 Å². The molecule has 0 unspecified atom stereocenters. The minimum Gasteiger partial charge on any atom is -0.461 e. The highest BCUT2D eigenvalue weighted by atomic mass is 19.1. The molecule has 0 spiro atoms. The highest BCUT2D eigenvalue weighted by Gasteiger charge is 2.17. The molecule has 1 rings (SSSR count). The maximum atomic E-state index is 13.4. The SMILES string of the molecule is CN(C)C(=O)CCOC(=O)c1cc(F)c(N)cc1F. The molecule has 0 heterocycles. The van der Waals surface area contributed by atoms with E-state index in [1.165, 1.54) is 4.90 Å². The number of carbonyl (C=O) groups is 2. The molecule has 1 amide bonds. The number of nitrogens with two attached hydrogens (primary N) is 1. The maximum absolute atomic E-state index is 13.4. The lowest BCUT2D eigenvalue weighted by Gasteiger charge is -2.10. The number of amides is 1. The molecule has 0 radical (unpaired) electrons. The third-order valence-electron chi connectivity index (χ3n) is 2.35. The minimum absolute atomic E-state index is 0.0299. The molecular weight excluding hydrogens is 258 g/mol. The third-order valence-corrected chi connectivity index (χ3v) is 2.35. The van der Waals surface area contributed by atoms with Gasteiger partial charge in [-0.05, 0) is 6.07 Å². The van der Waals surface area contributed by atoms with Crippen molar-refractivity contribution in [1.29, 1.82) is 0 Å². The number of hydrogen-bond acceptors (Lipinski definition) is 4. The van der Waals surface area contributed by atoms with Gasteiger partial charge in [0.2, 0.25) is 5.91 Å². The zero-order valence-electron chi connectivity index (χ0n) is 10.6. The first kappa shape index (κ1) is 14.9. The highest BCUT2D eigenvalue weighted by Crippen LogP contribution is 2.17. The van der Waals surface area contributed by atoms with Gasteiger partial charge in [0.25, 0.3) is 0 Å². The van der Waals surface area contributed by atoms with Crippen molar-refractivity contribution >= 4 is 17.6 Å². The molecule has 0 aromatic heterocycles. The van der Waals surface area contributed by atoms with Crippen molar-refractivity contribution in [2.75, 3.05) is 26.4 Å². The zero-order chi connectivity index (χ0) is 14.6. The van der Waals surface area contributed by atoms with E-state index in [0.717, 1.165) is 0 Å². The molecule has 5 nitrogen and oxygen atoms in total. The number of carbonyl (C=O) groups excluding carboxylic acids is 2. The number of nitrogens with zero attached hydrogens (tertiary/aromatic N) is 1. The van der Waals surface area contributed by atoms with Crippen molar-refractivity contribution < 1.29 is 23.1 Å². The van der Waals surface area contributed by atoms with Crippen LogP contribution < -0.4 is 5.73 Å². The van der Waals surface area contributed by atoms with Gasteiger partial charge < -0.3 is 15.4 Å². The number of hydrogen-bond donors (Lipinski definition) is 1. The second-order valence-electron chi connectivity index (χ2n) is 4.03. The molecule has 7 heteroatoms. The summed E-state index contributed by atoms with van der Waals surface area (Å²) in [7, 11) is 3.11. The second-order valence-corrected chi connectivity index (χ2v) is 4.03. The predicted molar refractivity (Wildman–Crippen MR) is 64.4 cm³/mol. The van der Waals surface area contributed by atoms with Crippen molar-refractivity contribution in [3.05, 3.63) is 29.3 Å². The first-order valence-electron chi connectivity index (χ1n) is 5.44. The van der Waals surface area contributed by atoms with Crippen LogP contribution in [0.15, 0.2) is 12.1 Å². The lowest BCUT2D eigenvalue weighted by atomic mass is 10.2. The van der Waals surface area contributed by atoms with Gasteiger partial charge in [0.15, 0.2) is 0 Å². The van der Waals surface area contributed by atoms with E-state index < -0.39 is 28.9 Å². The summed E-state index contributed by atoms with van der Waals surface area (Å²) in [5, 5.41) is 0. The van der Waals surface area contributed by atoms with E-state index in [9.17, 15) is 18.4 Å². The lowest BCUT2D eigenvalue weighted by Crippen LogP contribution is -2.23. The molecule has 0 aliphatic carbocycles. The van der Waals surface area contributed by atoms with Crippen LogP contribution in [0.1, 0.15) is 16.8 Å². The Morgan fingerprint density at radius 1 is 1.26 bits per heavy atom. The number of nitrogen functional groups attached to an aromatic ring is 1. The first-order chi connectivity index (χ1) is 8.82. The summed E-state index contributed by atoms with van der Waals surface area (Å²) >= 11 is 0. The van der Waals surface area contributed by atoms with Gasteiger partial charge in [0.05, 0.1) is 17.7 Å². The Hall–Kier alpha value is -2.18. The molecular formula is C12H14F2N2O3.